The normalized spacial score (nSPS) is 12.1. The quantitative estimate of drug-likeness (QED) is 0.495. The highest BCUT2D eigenvalue weighted by molar-refractivity contribution is 5.94. The summed E-state index contributed by atoms with van der Waals surface area (Å²) < 4.78 is 7.10. The molecule has 0 bridgehead atoms. The Bertz CT molecular complexity index is 1320. The van der Waals surface area contributed by atoms with Crippen LogP contribution in [0.4, 0.5) is 0 Å². The lowest BCUT2D eigenvalue weighted by Crippen LogP contribution is -2.34. The number of furan rings is 1. The van der Waals surface area contributed by atoms with Gasteiger partial charge in [-0.1, -0.05) is 12.1 Å². The Morgan fingerprint density at radius 2 is 1.81 bits per heavy atom. The van der Waals surface area contributed by atoms with E-state index in [1.807, 2.05) is 57.2 Å². The number of hydrogen-bond donors (Lipinski definition) is 1. The molecule has 2 heterocycles. The minimum absolute atomic E-state index is 0.0511. The molecule has 0 fully saturated rings. The maximum absolute atomic E-state index is 12.8. The highest BCUT2D eigenvalue weighted by Crippen LogP contribution is 2.18. The number of aryl methyl sites for hydroxylation is 3. The Morgan fingerprint density at radius 1 is 1.09 bits per heavy atom. The molecule has 4 aromatic rings. The minimum atomic E-state index is -0.135. The van der Waals surface area contributed by atoms with Gasteiger partial charge in [0.25, 0.3) is 11.5 Å². The van der Waals surface area contributed by atoms with Gasteiger partial charge in [-0.3, -0.25) is 9.59 Å². The summed E-state index contributed by atoms with van der Waals surface area (Å²) in [5.41, 5.74) is 5.78. The van der Waals surface area contributed by atoms with Gasteiger partial charge in [0.2, 0.25) is 0 Å². The summed E-state index contributed by atoms with van der Waals surface area (Å²) in [5.74, 6) is 0.702. The van der Waals surface area contributed by atoms with Crippen LogP contribution in [0.1, 0.15) is 45.4 Å². The lowest BCUT2D eigenvalue weighted by atomic mass is 10.1. The van der Waals surface area contributed by atoms with E-state index in [0.29, 0.717) is 24.2 Å². The van der Waals surface area contributed by atoms with Gasteiger partial charge in [0.15, 0.2) is 0 Å². The third-order valence-corrected chi connectivity index (χ3v) is 5.75. The molecule has 0 aliphatic carbocycles. The van der Waals surface area contributed by atoms with E-state index in [9.17, 15) is 9.59 Å². The molecule has 164 valence electrons. The molecule has 0 saturated heterocycles. The fraction of sp³-hybridized carbons (Fsp3) is 0.269. The predicted molar refractivity (Wildman–Crippen MR) is 125 cm³/mol. The number of aromatic nitrogens is 2. The van der Waals surface area contributed by atoms with Crippen LogP contribution in [0.25, 0.3) is 11.0 Å². The first kappa shape index (κ1) is 21.6. The average molecular weight is 430 g/mol. The van der Waals surface area contributed by atoms with Crippen molar-refractivity contribution in [2.24, 2.45) is 0 Å². The smallest absolute Gasteiger partial charge is 0.272 e. The second-order valence-electron chi connectivity index (χ2n) is 8.37. The van der Waals surface area contributed by atoms with Gasteiger partial charge in [-0.05, 0) is 80.8 Å². The molecule has 1 N–H and O–H groups in total. The van der Waals surface area contributed by atoms with Gasteiger partial charge in [-0.25, -0.2) is 4.98 Å². The maximum Gasteiger partial charge on any atom is 0.272 e. The van der Waals surface area contributed by atoms with Crippen LogP contribution in [-0.4, -0.2) is 21.5 Å². The molecule has 0 spiro atoms. The van der Waals surface area contributed by atoms with E-state index < -0.39 is 0 Å². The van der Waals surface area contributed by atoms with Gasteiger partial charge < -0.3 is 14.3 Å². The summed E-state index contributed by atoms with van der Waals surface area (Å²) in [5, 5.41) is 2.99. The molecule has 6 heteroatoms. The summed E-state index contributed by atoms with van der Waals surface area (Å²) >= 11 is 0. The van der Waals surface area contributed by atoms with Crippen molar-refractivity contribution < 1.29 is 9.21 Å². The lowest BCUT2D eigenvalue weighted by Gasteiger charge is -2.14. The Labute approximate surface area is 186 Å². The van der Waals surface area contributed by atoms with Gasteiger partial charge in [-0.15, -0.1) is 0 Å². The minimum Gasteiger partial charge on any atom is -0.469 e. The lowest BCUT2D eigenvalue weighted by molar-refractivity contribution is 0.0939. The van der Waals surface area contributed by atoms with Crippen LogP contribution < -0.4 is 10.9 Å². The van der Waals surface area contributed by atoms with E-state index >= 15 is 0 Å². The third-order valence-electron chi connectivity index (χ3n) is 5.75. The number of carbonyl (C=O) groups is 1. The molecule has 1 unspecified atom stereocenters. The number of fused-ring (bicyclic) bond motifs is 1. The molecule has 1 amide bonds. The third kappa shape index (κ3) is 4.49. The first-order valence-electron chi connectivity index (χ1n) is 10.7. The van der Waals surface area contributed by atoms with Crippen LogP contribution in [0.15, 0.2) is 64.0 Å². The highest BCUT2D eigenvalue weighted by Gasteiger charge is 2.13. The number of nitrogens with one attached hydrogen (secondary N) is 1. The van der Waals surface area contributed by atoms with Crippen molar-refractivity contribution in [2.75, 3.05) is 0 Å². The van der Waals surface area contributed by atoms with Crippen molar-refractivity contribution in [2.45, 2.75) is 46.7 Å². The van der Waals surface area contributed by atoms with Crippen LogP contribution >= 0.6 is 0 Å². The number of benzene rings is 2. The maximum atomic E-state index is 12.8. The topological polar surface area (TPSA) is 77.1 Å². The molecule has 0 saturated carbocycles. The number of hydrogen-bond acceptors (Lipinski definition) is 4. The molecule has 6 nitrogen and oxygen atoms in total. The summed E-state index contributed by atoms with van der Waals surface area (Å²) in [6.07, 6.45) is 2.26. The average Bonchev–Trinajstić information content (AvgIpc) is 3.26. The molecular weight excluding hydrogens is 402 g/mol. The summed E-state index contributed by atoms with van der Waals surface area (Å²) in [6, 6.07) is 15.1. The van der Waals surface area contributed by atoms with Crippen molar-refractivity contribution in [3.63, 3.8) is 0 Å². The van der Waals surface area contributed by atoms with Gasteiger partial charge in [-0.2, -0.15) is 0 Å². The number of amides is 1. The Hall–Kier alpha value is -3.67. The summed E-state index contributed by atoms with van der Waals surface area (Å²) in [4.78, 5) is 29.9. The predicted octanol–water partition coefficient (Wildman–Crippen LogP) is 4.32. The highest BCUT2D eigenvalue weighted by atomic mass is 16.3. The zero-order valence-electron chi connectivity index (χ0n) is 18.8. The number of rotatable bonds is 6. The van der Waals surface area contributed by atoms with Crippen LogP contribution in [0.2, 0.25) is 0 Å². The molecule has 2 aromatic heterocycles. The zero-order chi connectivity index (χ0) is 22.8. The van der Waals surface area contributed by atoms with Crippen molar-refractivity contribution in [3.8, 4) is 0 Å². The summed E-state index contributed by atoms with van der Waals surface area (Å²) in [7, 11) is 0. The monoisotopic (exact) mass is 429 g/mol. The van der Waals surface area contributed by atoms with Crippen LogP contribution in [0.3, 0.4) is 0 Å². The molecular formula is C26H27N3O3. The molecule has 2 aromatic carbocycles. The Balaban J connectivity index is 1.53. The van der Waals surface area contributed by atoms with E-state index in [1.54, 1.807) is 29.9 Å². The Morgan fingerprint density at radius 3 is 2.50 bits per heavy atom. The molecule has 0 aliphatic rings. The van der Waals surface area contributed by atoms with E-state index in [1.165, 1.54) is 0 Å². The van der Waals surface area contributed by atoms with Crippen molar-refractivity contribution in [1.82, 2.24) is 14.9 Å². The molecule has 0 aliphatic heterocycles. The molecule has 32 heavy (non-hydrogen) atoms. The number of carbonyl (C=O) groups excluding carboxylic acids is 1. The molecule has 4 rings (SSSR count). The standard InChI is InChI=1S/C26H27N3O3/c1-16-12-23-24(13-17(16)2)29(26(31)19(4)28-23)15-20-7-9-21(10-8-20)25(30)27-18(3)14-22-6-5-11-32-22/h5-13,18H,14-15H2,1-4H3,(H,27,30). The summed E-state index contributed by atoms with van der Waals surface area (Å²) in [6.45, 7) is 8.18. The Kier molecular flexibility index (Phi) is 5.95. The largest absolute Gasteiger partial charge is 0.469 e. The van der Waals surface area contributed by atoms with E-state index in [-0.39, 0.29) is 17.5 Å². The zero-order valence-corrected chi connectivity index (χ0v) is 18.8. The SMILES string of the molecule is Cc1cc2nc(C)c(=O)n(Cc3ccc(C(=O)NC(C)Cc4ccco4)cc3)c2cc1C. The van der Waals surface area contributed by atoms with E-state index in [0.717, 1.165) is 33.5 Å². The van der Waals surface area contributed by atoms with Gasteiger partial charge in [0.05, 0.1) is 23.8 Å². The second-order valence-corrected chi connectivity index (χ2v) is 8.37. The van der Waals surface area contributed by atoms with Crippen LogP contribution in [0.5, 0.6) is 0 Å². The molecule has 1 atom stereocenters. The van der Waals surface area contributed by atoms with Crippen molar-refractivity contribution in [1.29, 1.82) is 0 Å². The van der Waals surface area contributed by atoms with E-state index in [4.69, 9.17) is 4.42 Å². The van der Waals surface area contributed by atoms with Crippen LogP contribution in [-0.2, 0) is 13.0 Å². The second kappa shape index (κ2) is 8.83. The fourth-order valence-corrected chi connectivity index (χ4v) is 3.81. The first-order valence-corrected chi connectivity index (χ1v) is 10.7. The van der Waals surface area contributed by atoms with Gasteiger partial charge >= 0.3 is 0 Å². The van der Waals surface area contributed by atoms with Gasteiger partial charge in [0.1, 0.15) is 11.5 Å². The van der Waals surface area contributed by atoms with Crippen LogP contribution in [0, 0.1) is 20.8 Å². The van der Waals surface area contributed by atoms with Crippen molar-refractivity contribution in [3.05, 3.63) is 98.9 Å². The van der Waals surface area contributed by atoms with E-state index in [2.05, 4.69) is 10.3 Å². The van der Waals surface area contributed by atoms with Gasteiger partial charge in [0, 0.05) is 18.0 Å². The van der Waals surface area contributed by atoms with Crippen molar-refractivity contribution >= 4 is 16.9 Å². The molecule has 0 radical (unpaired) electrons. The number of nitrogens with zero attached hydrogens (tertiary/aromatic N) is 2. The fourth-order valence-electron chi connectivity index (χ4n) is 3.81. The first-order chi connectivity index (χ1) is 15.3.